The van der Waals surface area contributed by atoms with Gasteiger partial charge in [0.15, 0.2) is 5.78 Å². The van der Waals surface area contributed by atoms with Crippen LogP contribution >= 0.6 is 0 Å². The van der Waals surface area contributed by atoms with Gasteiger partial charge in [0.2, 0.25) is 0 Å². The molecule has 0 N–H and O–H groups in total. The molecule has 0 bridgehead atoms. The largest absolute Gasteiger partial charge is 1.00 e. The van der Waals surface area contributed by atoms with Crippen molar-refractivity contribution in [2.45, 2.75) is 20.3 Å². The van der Waals surface area contributed by atoms with Crippen molar-refractivity contribution in [3.8, 4) is 0 Å². The molecule has 4 heteroatoms. The molecule has 3 nitrogen and oxygen atoms in total. The summed E-state index contributed by atoms with van der Waals surface area (Å²) in [6.07, 6.45) is 0.548. The van der Waals surface area contributed by atoms with Crippen LogP contribution in [0.15, 0.2) is 0 Å². The van der Waals surface area contributed by atoms with Crippen LogP contribution < -0.4 is 56.5 Å². The number of rotatable bonds is 3. The number of ketones is 1. The summed E-state index contributed by atoms with van der Waals surface area (Å²) in [5, 5.41) is 9.84. The Morgan fingerprint density at radius 1 is 1.50 bits per heavy atom. The van der Waals surface area contributed by atoms with Crippen molar-refractivity contribution in [1.82, 2.24) is 0 Å². The second-order valence-electron chi connectivity index (χ2n) is 1.96. The summed E-state index contributed by atoms with van der Waals surface area (Å²) in [6, 6.07) is 0. The van der Waals surface area contributed by atoms with Crippen LogP contribution in [-0.2, 0) is 9.59 Å². The zero-order valence-electron chi connectivity index (χ0n) is 6.51. The molecule has 10 heavy (non-hydrogen) atoms. The Hall–Kier alpha value is 0.776. The van der Waals surface area contributed by atoms with E-state index in [2.05, 4.69) is 0 Å². The van der Waals surface area contributed by atoms with E-state index in [1.54, 1.807) is 13.8 Å². The molecule has 0 aromatic carbocycles. The van der Waals surface area contributed by atoms with Gasteiger partial charge >= 0.3 is 51.4 Å². The molecule has 1 atom stereocenters. The van der Waals surface area contributed by atoms with Crippen LogP contribution in [0.5, 0.6) is 0 Å². The van der Waals surface area contributed by atoms with E-state index < -0.39 is 17.7 Å². The molecular formula is C6H9KO3. The number of aliphatic carboxylic acids is 1. The van der Waals surface area contributed by atoms with E-state index in [0.29, 0.717) is 6.42 Å². The van der Waals surface area contributed by atoms with E-state index in [-0.39, 0.29) is 51.4 Å². The van der Waals surface area contributed by atoms with Gasteiger partial charge in [-0.25, -0.2) is 0 Å². The quantitative estimate of drug-likeness (QED) is 0.322. The zero-order valence-corrected chi connectivity index (χ0v) is 9.63. The van der Waals surface area contributed by atoms with Gasteiger partial charge in [-0.2, -0.15) is 0 Å². The first-order chi connectivity index (χ1) is 4.09. The molecule has 0 spiro atoms. The molecule has 0 aliphatic rings. The molecule has 0 aromatic heterocycles. The van der Waals surface area contributed by atoms with Gasteiger partial charge in [-0.1, -0.05) is 13.8 Å². The molecule has 0 aliphatic heterocycles. The third-order valence-electron chi connectivity index (χ3n) is 1.26. The van der Waals surface area contributed by atoms with Crippen LogP contribution in [0.2, 0.25) is 0 Å². The summed E-state index contributed by atoms with van der Waals surface area (Å²) in [6.45, 7) is 3.32. The van der Waals surface area contributed by atoms with E-state index >= 15 is 0 Å². The smallest absolute Gasteiger partial charge is 0.542 e. The summed E-state index contributed by atoms with van der Waals surface area (Å²) in [4.78, 5) is 20.3. The van der Waals surface area contributed by atoms with Crippen molar-refractivity contribution in [3.63, 3.8) is 0 Å². The van der Waals surface area contributed by atoms with Crippen LogP contribution in [-0.4, -0.2) is 11.8 Å². The normalized spacial score (nSPS) is 11.4. The van der Waals surface area contributed by atoms with E-state index in [9.17, 15) is 14.7 Å². The maximum atomic E-state index is 10.4. The van der Waals surface area contributed by atoms with Crippen molar-refractivity contribution in [2.75, 3.05) is 0 Å². The molecule has 0 saturated carbocycles. The molecule has 0 fully saturated rings. The van der Waals surface area contributed by atoms with Crippen molar-refractivity contribution in [2.24, 2.45) is 5.92 Å². The summed E-state index contributed by atoms with van der Waals surface area (Å²) >= 11 is 0. The van der Waals surface area contributed by atoms with Gasteiger partial charge in [-0.05, 0) is 6.42 Å². The first-order valence-corrected chi connectivity index (χ1v) is 2.84. The first kappa shape index (κ1) is 13.4. The second-order valence-corrected chi connectivity index (χ2v) is 1.96. The van der Waals surface area contributed by atoms with Gasteiger partial charge in [0, 0.05) is 5.92 Å². The SMILES string of the molecule is CCC(C)C(=O)C(=O)[O-].[K+]. The van der Waals surface area contributed by atoms with E-state index in [1.165, 1.54) is 0 Å². The average molecular weight is 168 g/mol. The minimum absolute atomic E-state index is 0. The predicted molar refractivity (Wildman–Crippen MR) is 29.5 cm³/mol. The van der Waals surface area contributed by atoms with Gasteiger partial charge in [0.05, 0.1) is 0 Å². The average Bonchev–Trinajstić information content (AvgIpc) is 1.84. The summed E-state index contributed by atoms with van der Waals surface area (Å²) in [5.41, 5.74) is 0. The standard InChI is InChI=1S/C6H10O3.K/c1-3-4(2)5(7)6(8)9;/h4H,3H2,1-2H3,(H,8,9);/q;+1/p-1. The molecular weight excluding hydrogens is 159 g/mol. The Balaban J connectivity index is 0. The van der Waals surface area contributed by atoms with Gasteiger partial charge in [-0.15, -0.1) is 0 Å². The Bertz CT molecular complexity index is 133. The van der Waals surface area contributed by atoms with Crippen molar-refractivity contribution >= 4 is 11.8 Å². The molecule has 0 heterocycles. The Kier molecular flexibility index (Phi) is 8.67. The minimum Gasteiger partial charge on any atom is -0.542 e. The first-order valence-electron chi connectivity index (χ1n) is 2.84. The monoisotopic (exact) mass is 168 g/mol. The number of hydrogen-bond acceptors (Lipinski definition) is 3. The Morgan fingerprint density at radius 2 is 1.90 bits per heavy atom. The summed E-state index contributed by atoms with van der Waals surface area (Å²) in [5.74, 6) is -2.79. The summed E-state index contributed by atoms with van der Waals surface area (Å²) < 4.78 is 0. The predicted octanol–water partition coefficient (Wildman–Crippen LogP) is -3.64. The number of carboxylic acid groups (broad SMARTS) is 1. The van der Waals surface area contributed by atoms with Crippen LogP contribution in [0.25, 0.3) is 0 Å². The fourth-order valence-electron chi connectivity index (χ4n) is 0.387. The number of carbonyl (C=O) groups is 2. The minimum atomic E-state index is -1.58. The van der Waals surface area contributed by atoms with Gasteiger partial charge in [0.25, 0.3) is 0 Å². The number of carboxylic acids is 1. The third kappa shape index (κ3) is 4.57. The van der Waals surface area contributed by atoms with Crippen molar-refractivity contribution < 1.29 is 66.1 Å². The fraction of sp³-hybridized carbons (Fsp3) is 0.667. The number of Topliss-reactive ketones (excluding diaryl/α,β-unsaturated/α-hetero) is 1. The van der Waals surface area contributed by atoms with Crippen LogP contribution in [0.3, 0.4) is 0 Å². The second kappa shape index (κ2) is 6.48. The molecule has 0 aromatic rings. The Labute approximate surface area is 103 Å². The van der Waals surface area contributed by atoms with Crippen LogP contribution in [0.4, 0.5) is 0 Å². The van der Waals surface area contributed by atoms with E-state index in [4.69, 9.17) is 0 Å². The van der Waals surface area contributed by atoms with Gasteiger partial charge in [-0.3, -0.25) is 4.79 Å². The van der Waals surface area contributed by atoms with E-state index in [1.807, 2.05) is 0 Å². The maximum absolute atomic E-state index is 10.4. The third-order valence-corrected chi connectivity index (χ3v) is 1.26. The summed E-state index contributed by atoms with van der Waals surface area (Å²) in [7, 11) is 0. The Morgan fingerprint density at radius 3 is 2.00 bits per heavy atom. The molecule has 52 valence electrons. The molecule has 1 unspecified atom stereocenters. The van der Waals surface area contributed by atoms with Crippen molar-refractivity contribution in [1.29, 1.82) is 0 Å². The van der Waals surface area contributed by atoms with Gasteiger partial charge < -0.3 is 9.90 Å². The molecule has 0 amide bonds. The molecule has 0 rings (SSSR count). The van der Waals surface area contributed by atoms with Crippen LogP contribution in [0, 0.1) is 5.92 Å². The number of hydrogen-bond donors (Lipinski definition) is 0. The molecule has 0 aliphatic carbocycles. The number of carbonyl (C=O) groups excluding carboxylic acids is 2. The topological polar surface area (TPSA) is 57.2 Å². The zero-order chi connectivity index (χ0) is 7.44. The molecule has 0 saturated heterocycles. The fourth-order valence-corrected chi connectivity index (χ4v) is 0.387. The van der Waals surface area contributed by atoms with Crippen LogP contribution in [0.1, 0.15) is 20.3 Å². The molecule has 0 radical (unpaired) electrons. The van der Waals surface area contributed by atoms with E-state index in [0.717, 1.165) is 0 Å². The van der Waals surface area contributed by atoms with Crippen molar-refractivity contribution in [3.05, 3.63) is 0 Å². The van der Waals surface area contributed by atoms with Gasteiger partial charge in [0.1, 0.15) is 5.97 Å². The maximum Gasteiger partial charge on any atom is 1.00 e.